The average molecular weight is 394 g/mol. The second-order valence-electron chi connectivity index (χ2n) is 7.56. The van der Waals surface area contributed by atoms with Gasteiger partial charge in [0.05, 0.1) is 13.7 Å². The zero-order valence-electron chi connectivity index (χ0n) is 15.9. The molecule has 28 heavy (non-hydrogen) atoms. The fraction of sp³-hybridized carbons (Fsp3) is 0.722. The van der Waals surface area contributed by atoms with Crippen LogP contribution < -0.4 is 16.0 Å². The highest BCUT2D eigenvalue weighted by Gasteiger charge is 2.48. The Morgan fingerprint density at radius 3 is 2.29 bits per heavy atom. The SMILES string of the molecule is COC(=O)NCC(=O)N1CCC(C2CC2)C1C(=O)NCC(=O)C(=O)NC1CC1. The summed E-state index contributed by atoms with van der Waals surface area (Å²) in [6.07, 6.45) is 3.74. The van der Waals surface area contributed by atoms with Crippen LogP contribution in [0.2, 0.25) is 0 Å². The van der Waals surface area contributed by atoms with E-state index in [0.29, 0.717) is 18.9 Å². The molecule has 0 aromatic carbocycles. The molecule has 0 spiro atoms. The van der Waals surface area contributed by atoms with Gasteiger partial charge in [0.2, 0.25) is 17.6 Å². The lowest BCUT2D eigenvalue weighted by atomic mass is 9.94. The third-order valence-electron chi connectivity index (χ3n) is 5.42. The van der Waals surface area contributed by atoms with Crippen molar-refractivity contribution in [2.24, 2.45) is 11.8 Å². The first kappa shape index (κ1) is 20.1. The largest absolute Gasteiger partial charge is 0.453 e. The molecule has 0 aromatic heterocycles. The third kappa shape index (κ3) is 4.99. The van der Waals surface area contributed by atoms with E-state index in [1.54, 1.807) is 0 Å². The number of nitrogens with zero attached hydrogens (tertiary/aromatic N) is 1. The van der Waals surface area contributed by atoms with Crippen LogP contribution in [0.5, 0.6) is 0 Å². The minimum Gasteiger partial charge on any atom is -0.453 e. The van der Waals surface area contributed by atoms with Gasteiger partial charge in [-0.05, 0) is 43.9 Å². The molecule has 2 atom stereocenters. The quantitative estimate of drug-likeness (QED) is 0.449. The molecule has 0 bridgehead atoms. The first-order chi connectivity index (χ1) is 13.4. The lowest BCUT2D eigenvalue weighted by Crippen LogP contribution is -2.52. The molecule has 154 valence electrons. The Morgan fingerprint density at radius 1 is 0.964 bits per heavy atom. The van der Waals surface area contributed by atoms with Gasteiger partial charge in [-0.2, -0.15) is 0 Å². The molecule has 1 aliphatic heterocycles. The maximum Gasteiger partial charge on any atom is 0.407 e. The third-order valence-corrected chi connectivity index (χ3v) is 5.42. The second kappa shape index (κ2) is 8.57. The lowest BCUT2D eigenvalue weighted by Gasteiger charge is -2.27. The van der Waals surface area contributed by atoms with E-state index in [1.165, 1.54) is 12.0 Å². The first-order valence-electron chi connectivity index (χ1n) is 9.63. The van der Waals surface area contributed by atoms with E-state index in [0.717, 1.165) is 25.7 Å². The highest BCUT2D eigenvalue weighted by molar-refractivity contribution is 6.37. The summed E-state index contributed by atoms with van der Waals surface area (Å²) in [7, 11) is 1.20. The summed E-state index contributed by atoms with van der Waals surface area (Å²) < 4.78 is 4.45. The van der Waals surface area contributed by atoms with E-state index in [4.69, 9.17) is 0 Å². The molecule has 4 amide bonds. The van der Waals surface area contributed by atoms with Crippen molar-refractivity contribution in [3.63, 3.8) is 0 Å². The van der Waals surface area contributed by atoms with Crippen LogP contribution in [0.15, 0.2) is 0 Å². The second-order valence-corrected chi connectivity index (χ2v) is 7.56. The van der Waals surface area contributed by atoms with Crippen LogP contribution in [0.1, 0.15) is 32.1 Å². The summed E-state index contributed by atoms with van der Waals surface area (Å²) in [4.78, 5) is 61.5. The topological polar surface area (TPSA) is 134 Å². The average Bonchev–Trinajstić information content (AvgIpc) is 3.62. The molecule has 2 unspecified atom stereocenters. The Morgan fingerprint density at radius 2 is 1.68 bits per heavy atom. The molecule has 3 fully saturated rings. The summed E-state index contributed by atoms with van der Waals surface area (Å²) in [5.41, 5.74) is 0. The Bertz CT molecular complexity index is 673. The van der Waals surface area contributed by atoms with E-state index >= 15 is 0 Å². The first-order valence-corrected chi connectivity index (χ1v) is 9.63. The molecule has 0 aromatic rings. The van der Waals surface area contributed by atoms with Crippen LogP contribution in [0, 0.1) is 11.8 Å². The van der Waals surface area contributed by atoms with E-state index < -0.39 is 36.3 Å². The number of hydrogen-bond acceptors (Lipinski definition) is 6. The number of ketones is 1. The zero-order valence-corrected chi connectivity index (χ0v) is 15.9. The fourth-order valence-electron chi connectivity index (χ4n) is 3.62. The van der Waals surface area contributed by atoms with E-state index in [-0.39, 0.29) is 24.4 Å². The number of methoxy groups -OCH3 is 1. The van der Waals surface area contributed by atoms with Crippen LogP contribution in [0.4, 0.5) is 4.79 Å². The van der Waals surface area contributed by atoms with Crippen molar-refractivity contribution in [2.75, 3.05) is 26.7 Å². The molecule has 10 heteroatoms. The van der Waals surface area contributed by atoms with Crippen molar-refractivity contribution in [1.82, 2.24) is 20.9 Å². The highest BCUT2D eigenvalue weighted by atomic mass is 16.5. The molecule has 2 aliphatic carbocycles. The maximum atomic E-state index is 12.8. The van der Waals surface area contributed by atoms with Crippen LogP contribution in [-0.4, -0.2) is 73.3 Å². The molecule has 0 radical (unpaired) electrons. The number of Topliss-reactive ketones (excluding diaryl/α,β-unsaturated/α-hetero) is 1. The Kier molecular flexibility index (Phi) is 6.15. The van der Waals surface area contributed by atoms with Crippen molar-refractivity contribution in [3.05, 3.63) is 0 Å². The van der Waals surface area contributed by atoms with Gasteiger partial charge in [0.25, 0.3) is 5.91 Å². The van der Waals surface area contributed by atoms with Crippen LogP contribution in [0.3, 0.4) is 0 Å². The van der Waals surface area contributed by atoms with Crippen LogP contribution in [0.25, 0.3) is 0 Å². The van der Waals surface area contributed by atoms with Crippen molar-refractivity contribution in [1.29, 1.82) is 0 Å². The number of carbonyl (C=O) groups excluding carboxylic acids is 5. The number of alkyl carbamates (subject to hydrolysis) is 1. The van der Waals surface area contributed by atoms with Crippen molar-refractivity contribution >= 4 is 29.6 Å². The monoisotopic (exact) mass is 394 g/mol. The molecule has 3 rings (SSSR count). The number of nitrogens with one attached hydrogen (secondary N) is 3. The van der Waals surface area contributed by atoms with Gasteiger partial charge in [-0.1, -0.05) is 0 Å². The normalized spacial score (nSPS) is 23.7. The summed E-state index contributed by atoms with van der Waals surface area (Å²) in [6.45, 7) is -0.249. The van der Waals surface area contributed by atoms with Crippen LogP contribution >= 0.6 is 0 Å². The Balaban J connectivity index is 1.56. The fourth-order valence-corrected chi connectivity index (χ4v) is 3.62. The van der Waals surface area contributed by atoms with Crippen molar-refractivity contribution < 1.29 is 28.7 Å². The molecule has 1 heterocycles. The van der Waals surface area contributed by atoms with E-state index in [9.17, 15) is 24.0 Å². The number of carbonyl (C=O) groups is 5. The number of ether oxygens (including phenoxy) is 1. The molecule has 1 saturated heterocycles. The molecule has 3 aliphatic rings. The number of rotatable bonds is 8. The lowest BCUT2D eigenvalue weighted by molar-refractivity contribution is -0.140. The highest BCUT2D eigenvalue weighted by Crippen LogP contribution is 2.44. The smallest absolute Gasteiger partial charge is 0.407 e. The molecular weight excluding hydrogens is 368 g/mol. The van der Waals surface area contributed by atoms with Crippen molar-refractivity contribution in [2.45, 2.75) is 44.2 Å². The summed E-state index contributed by atoms with van der Waals surface area (Å²) in [5.74, 6) is -1.80. The zero-order chi connectivity index (χ0) is 20.3. The number of amides is 4. The van der Waals surface area contributed by atoms with Gasteiger partial charge >= 0.3 is 6.09 Å². The number of likely N-dealkylation sites (tertiary alicyclic amines) is 1. The summed E-state index contributed by atoms with van der Waals surface area (Å²) >= 11 is 0. The van der Waals surface area contributed by atoms with Gasteiger partial charge in [0.1, 0.15) is 12.6 Å². The minimum absolute atomic E-state index is 0.0254. The van der Waals surface area contributed by atoms with Gasteiger partial charge in [0, 0.05) is 12.6 Å². The van der Waals surface area contributed by atoms with Gasteiger partial charge < -0.3 is 25.6 Å². The molecule has 10 nitrogen and oxygen atoms in total. The number of hydrogen-bond donors (Lipinski definition) is 3. The van der Waals surface area contributed by atoms with E-state index in [1.807, 2.05) is 0 Å². The maximum absolute atomic E-state index is 12.8. The van der Waals surface area contributed by atoms with Gasteiger partial charge in [-0.15, -0.1) is 0 Å². The van der Waals surface area contributed by atoms with Crippen molar-refractivity contribution in [3.8, 4) is 0 Å². The Labute approximate surface area is 162 Å². The summed E-state index contributed by atoms with van der Waals surface area (Å²) in [6, 6.07) is -0.629. The van der Waals surface area contributed by atoms with Crippen LogP contribution in [-0.2, 0) is 23.9 Å². The molecule has 2 saturated carbocycles. The van der Waals surface area contributed by atoms with Gasteiger partial charge in [-0.25, -0.2) is 4.79 Å². The molecular formula is C18H26N4O6. The van der Waals surface area contributed by atoms with E-state index in [2.05, 4.69) is 20.7 Å². The molecule has 3 N–H and O–H groups in total. The predicted molar refractivity (Wildman–Crippen MR) is 95.9 cm³/mol. The standard InChI is InChI=1S/C18H26N4O6/c1-28-18(27)20-9-14(24)22-7-6-12(10-2-3-10)15(22)17(26)19-8-13(23)16(25)21-11-4-5-11/h10-12,15H,2-9H2,1H3,(H,19,26)(H,20,27)(H,21,25). The predicted octanol–water partition coefficient (Wildman–Crippen LogP) is -1.07. The Hall–Kier alpha value is -2.65. The summed E-state index contributed by atoms with van der Waals surface area (Å²) in [5, 5.41) is 7.43. The van der Waals surface area contributed by atoms with Gasteiger partial charge in [-0.3, -0.25) is 19.2 Å². The minimum atomic E-state index is -0.723. The van der Waals surface area contributed by atoms with Gasteiger partial charge in [0.15, 0.2) is 0 Å².